The predicted octanol–water partition coefficient (Wildman–Crippen LogP) is 4.59. The number of rotatable bonds is 6. The van der Waals surface area contributed by atoms with Crippen LogP contribution < -0.4 is 10.9 Å². The number of thiophene rings is 1. The van der Waals surface area contributed by atoms with Gasteiger partial charge in [-0.05, 0) is 35.4 Å². The Morgan fingerprint density at radius 2 is 1.94 bits per heavy atom. The number of carbonyl (C=O) groups excluding carboxylic acids is 1. The fraction of sp³-hybridized carbons (Fsp3) is 0.0909. The van der Waals surface area contributed by atoms with E-state index in [1.807, 2.05) is 5.38 Å². The van der Waals surface area contributed by atoms with Gasteiger partial charge in [-0.1, -0.05) is 36.0 Å². The first-order valence-electron chi connectivity index (χ1n) is 9.19. The number of amides is 1. The lowest BCUT2D eigenvalue weighted by Crippen LogP contribution is -2.15. The number of nitrogens with zero attached hydrogens (tertiary/aromatic N) is 2. The zero-order chi connectivity index (χ0) is 21.8. The normalized spacial score (nSPS) is 10.7. The molecule has 9 heteroatoms. The zero-order valence-corrected chi connectivity index (χ0v) is 17.6. The Bertz CT molecular complexity index is 1340. The van der Waals surface area contributed by atoms with Crippen molar-refractivity contribution < 1.29 is 9.18 Å². The van der Waals surface area contributed by atoms with Crippen LogP contribution >= 0.6 is 23.1 Å². The maximum Gasteiger partial charge on any atom is 0.260 e. The summed E-state index contributed by atoms with van der Waals surface area (Å²) in [5, 5.41) is 14.1. The topological polar surface area (TPSA) is 98.6 Å². The molecule has 0 saturated carbocycles. The largest absolute Gasteiger partial charge is 0.325 e. The number of anilines is 1. The summed E-state index contributed by atoms with van der Waals surface area (Å²) in [6.45, 7) is 0. The molecule has 0 spiro atoms. The van der Waals surface area contributed by atoms with Gasteiger partial charge in [0, 0.05) is 16.6 Å². The molecule has 0 aliphatic heterocycles. The SMILES string of the molecule is N#CCc1ccc(NC(=O)CSc2nc3scc(-c4ccc(F)cc4)c3c(=O)[nH]2)cc1. The van der Waals surface area contributed by atoms with E-state index in [0.717, 1.165) is 22.9 Å². The number of benzene rings is 2. The number of H-pyrrole nitrogens is 1. The van der Waals surface area contributed by atoms with Gasteiger partial charge in [0.1, 0.15) is 10.6 Å². The van der Waals surface area contributed by atoms with Crippen molar-refractivity contribution in [2.45, 2.75) is 11.6 Å². The molecule has 2 aromatic heterocycles. The number of halogens is 1. The second-order valence-corrected chi connectivity index (χ2v) is 8.40. The van der Waals surface area contributed by atoms with E-state index in [0.29, 0.717) is 33.0 Å². The van der Waals surface area contributed by atoms with Crippen molar-refractivity contribution in [3.05, 3.63) is 75.6 Å². The van der Waals surface area contributed by atoms with Crippen LogP contribution in [0.15, 0.2) is 63.9 Å². The second kappa shape index (κ2) is 9.12. The molecule has 0 atom stereocenters. The summed E-state index contributed by atoms with van der Waals surface area (Å²) in [4.78, 5) is 32.6. The quantitative estimate of drug-likeness (QED) is 0.331. The molecule has 2 aromatic carbocycles. The van der Waals surface area contributed by atoms with Crippen LogP contribution in [0, 0.1) is 17.1 Å². The van der Waals surface area contributed by atoms with Crippen LogP contribution in [-0.2, 0) is 11.2 Å². The minimum absolute atomic E-state index is 0.0740. The van der Waals surface area contributed by atoms with E-state index in [4.69, 9.17) is 5.26 Å². The third-order valence-electron chi connectivity index (χ3n) is 4.44. The molecule has 0 bridgehead atoms. The fourth-order valence-electron chi connectivity index (χ4n) is 2.97. The van der Waals surface area contributed by atoms with Crippen LogP contribution in [0.3, 0.4) is 0 Å². The summed E-state index contributed by atoms with van der Waals surface area (Å²) in [5.74, 6) is -0.505. The van der Waals surface area contributed by atoms with E-state index >= 15 is 0 Å². The first-order valence-corrected chi connectivity index (χ1v) is 11.1. The van der Waals surface area contributed by atoms with Gasteiger partial charge in [0.25, 0.3) is 5.56 Å². The van der Waals surface area contributed by atoms with Crippen LogP contribution in [0.25, 0.3) is 21.3 Å². The molecule has 154 valence electrons. The molecule has 0 fully saturated rings. The summed E-state index contributed by atoms with van der Waals surface area (Å²) in [6.07, 6.45) is 0.317. The van der Waals surface area contributed by atoms with Crippen LogP contribution in [0.1, 0.15) is 5.56 Å². The molecule has 4 rings (SSSR count). The maximum absolute atomic E-state index is 13.2. The molecular formula is C22H15FN4O2S2. The summed E-state index contributed by atoms with van der Waals surface area (Å²) >= 11 is 2.45. The van der Waals surface area contributed by atoms with Crippen LogP contribution in [0.4, 0.5) is 10.1 Å². The molecule has 0 saturated heterocycles. The van der Waals surface area contributed by atoms with E-state index in [1.54, 1.807) is 36.4 Å². The molecule has 0 radical (unpaired) electrons. The average molecular weight is 451 g/mol. The monoisotopic (exact) mass is 450 g/mol. The lowest BCUT2D eigenvalue weighted by atomic mass is 10.1. The number of hydrogen-bond acceptors (Lipinski definition) is 6. The number of thioether (sulfide) groups is 1. The Morgan fingerprint density at radius 3 is 2.65 bits per heavy atom. The fourth-order valence-corrected chi connectivity index (χ4v) is 4.63. The number of fused-ring (bicyclic) bond motifs is 1. The third-order valence-corrected chi connectivity index (χ3v) is 6.18. The van der Waals surface area contributed by atoms with Crippen molar-refractivity contribution in [1.29, 1.82) is 5.26 Å². The van der Waals surface area contributed by atoms with Gasteiger partial charge in [-0.3, -0.25) is 9.59 Å². The lowest BCUT2D eigenvalue weighted by molar-refractivity contribution is -0.113. The number of nitriles is 1. The number of aromatic amines is 1. The van der Waals surface area contributed by atoms with Gasteiger partial charge < -0.3 is 10.3 Å². The molecule has 0 aliphatic carbocycles. The highest BCUT2D eigenvalue weighted by atomic mass is 32.2. The van der Waals surface area contributed by atoms with E-state index in [2.05, 4.69) is 21.4 Å². The predicted molar refractivity (Wildman–Crippen MR) is 121 cm³/mol. The summed E-state index contributed by atoms with van der Waals surface area (Å²) in [6, 6.07) is 15.1. The highest BCUT2D eigenvalue weighted by Gasteiger charge is 2.14. The Labute approximate surface area is 184 Å². The number of nitrogens with one attached hydrogen (secondary N) is 2. The van der Waals surface area contributed by atoms with E-state index < -0.39 is 0 Å². The van der Waals surface area contributed by atoms with Crippen LogP contribution in [0.5, 0.6) is 0 Å². The number of hydrogen-bond donors (Lipinski definition) is 2. The molecule has 1 amide bonds. The molecule has 4 aromatic rings. The Morgan fingerprint density at radius 1 is 1.19 bits per heavy atom. The highest BCUT2D eigenvalue weighted by molar-refractivity contribution is 7.99. The second-order valence-electron chi connectivity index (χ2n) is 6.58. The summed E-state index contributed by atoms with van der Waals surface area (Å²) in [5.41, 5.74) is 2.64. The Kier molecular flexibility index (Phi) is 6.11. The first kappa shape index (κ1) is 20.8. The van der Waals surface area contributed by atoms with Crippen molar-refractivity contribution >= 4 is 44.9 Å². The van der Waals surface area contributed by atoms with E-state index in [1.165, 1.54) is 23.5 Å². The van der Waals surface area contributed by atoms with Crippen molar-refractivity contribution in [2.24, 2.45) is 0 Å². The summed E-state index contributed by atoms with van der Waals surface area (Å²) in [7, 11) is 0. The van der Waals surface area contributed by atoms with Gasteiger partial charge in [-0.2, -0.15) is 5.26 Å². The van der Waals surface area contributed by atoms with Crippen molar-refractivity contribution in [3.63, 3.8) is 0 Å². The molecule has 0 unspecified atom stereocenters. The standard InChI is InChI=1S/C22H15FN4O2S2/c23-15-5-3-14(4-6-15)17-11-30-21-19(17)20(29)26-22(27-21)31-12-18(28)25-16-7-1-13(2-8-16)9-10-24/h1-8,11H,9,12H2,(H,25,28)(H,26,27,29). The van der Waals surface area contributed by atoms with Gasteiger partial charge in [-0.15, -0.1) is 11.3 Å². The molecular weight excluding hydrogens is 435 g/mol. The van der Waals surface area contributed by atoms with E-state index in [9.17, 15) is 14.0 Å². The van der Waals surface area contributed by atoms with Crippen LogP contribution in [-0.4, -0.2) is 21.6 Å². The molecule has 6 nitrogen and oxygen atoms in total. The highest BCUT2D eigenvalue weighted by Crippen LogP contribution is 2.31. The van der Waals surface area contributed by atoms with Gasteiger partial charge in [0.2, 0.25) is 5.91 Å². The third kappa shape index (κ3) is 4.82. The molecule has 2 heterocycles. The van der Waals surface area contributed by atoms with Crippen molar-refractivity contribution in [3.8, 4) is 17.2 Å². The van der Waals surface area contributed by atoms with Gasteiger partial charge in [0.05, 0.1) is 23.6 Å². The van der Waals surface area contributed by atoms with Crippen molar-refractivity contribution in [2.75, 3.05) is 11.1 Å². The van der Waals surface area contributed by atoms with Gasteiger partial charge in [-0.25, -0.2) is 9.37 Å². The lowest BCUT2D eigenvalue weighted by Gasteiger charge is -2.06. The number of aromatic nitrogens is 2. The summed E-state index contributed by atoms with van der Waals surface area (Å²) < 4.78 is 13.2. The number of carbonyl (C=O) groups is 1. The molecule has 0 aliphatic rings. The zero-order valence-electron chi connectivity index (χ0n) is 16.0. The molecule has 2 N–H and O–H groups in total. The minimum atomic E-state index is -0.342. The van der Waals surface area contributed by atoms with Crippen molar-refractivity contribution in [1.82, 2.24) is 9.97 Å². The van der Waals surface area contributed by atoms with Gasteiger partial charge >= 0.3 is 0 Å². The Hall–Kier alpha value is -3.48. The van der Waals surface area contributed by atoms with E-state index in [-0.39, 0.29) is 23.0 Å². The minimum Gasteiger partial charge on any atom is -0.325 e. The average Bonchev–Trinajstić information content (AvgIpc) is 3.19. The Balaban J connectivity index is 1.45. The maximum atomic E-state index is 13.2. The smallest absolute Gasteiger partial charge is 0.260 e. The first-order chi connectivity index (χ1) is 15.0. The van der Waals surface area contributed by atoms with Gasteiger partial charge in [0.15, 0.2) is 5.16 Å². The van der Waals surface area contributed by atoms with Crippen LogP contribution in [0.2, 0.25) is 0 Å². The molecule has 31 heavy (non-hydrogen) atoms.